The van der Waals surface area contributed by atoms with Gasteiger partial charge in [0.1, 0.15) is 33.3 Å². The van der Waals surface area contributed by atoms with Crippen LogP contribution in [0.5, 0.6) is 11.5 Å². The average Bonchev–Trinajstić information content (AvgIpc) is 2.95. The van der Waals surface area contributed by atoms with Crippen molar-refractivity contribution in [3.8, 4) is 23.3 Å². The Morgan fingerprint density at radius 3 is 2.69 bits per heavy atom. The number of hydrogen-bond acceptors (Lipinski definition) is 8. The smallest absolute Gasteiger partial charge is 0.185 e. The molecule has 2 aliphatic heterocycles. The van der Waals surface area contributed by atoms with E-state index in [1.54, 1.807) is 58.0 Å². The lowest BCUT2D eigenvalue weighted by molar-refractivity contribution is 0.0988. The minimum absolute atomic E-state index is 0.0707. The maximum Gasteiger partial charge on any atom is 0.185 e. The number of ketones is 1. The van der Waals surface area contributed by atoms with Crippen molar-refractivity contribution in [2.75, 3.05) is 6.61 Å². The molecule has 0 radical (unpaired) electrons. The monoisotopic (exact) mass is 509 g/mol. The maximum atomic E-state index is 13.5. The van der Waals surface area contributed by atoms with Crippen LogP contribution in [0.3, 0.4) is 0 Å². The van der Waals surface area contributed by atoms with Gasteiger partial charge < -0.3 is 15.2 Å². The van der Waals surface area contributed by atoms with Crippen LogP contribution in [0.4, 0.5) is 0 Å². The minimum Gasteiger partial charge on any atom is -0.493 e. The second-order valence-corrected chi connectivity index (χ2v) is 12.5. The van der Waals surface area contributed by atoms with Crippen molar-refractivity contribution in [2.24, 2.45) is 10.7 Å². The molecule has 3 heterocycles. The number of hydrogen-bond donors (Lipinski definition) is 1. The van der Waals surface area contributed by atoms with Crippen molar-refractivity contribution in [1.82, 2.24) is 4.98 Å². The first kappa shape index (κ1) is 25.7. The van der Waals surface area contributed by atoms with E-state index in [1.807, 2.05) is 6.92 Å². The van der Waals surface area contributed by atoms with Gasteiger partial charge in [-0.05, 0) is 64.4 Å². The van der Waals surface area contributed by atoms with Gasteiger partial charge in [0, 0.05) is 18.4 Å². The summed E-state index contributed by atoms with van der Waals surface area (Å²) in [6.45, 7) is 8.77. The Bertz CT molecular complexity index is 1390. The number of carbonyl (C=O) groups excluding carboxylic acids is 1. The fraction of sp³-hybridized carbons (Fsp3) is 0.444. The van der Waals surface area contributed by atoms with E-state index in [-0.39, 0.29) is 30.8 Å². The molecule has 0 amide bonds. The lowest BCUT2D eigenvalue weighted by Gasteiger charge is -2.43. The number of Topliss-reactive ketones (excluding diaryl/α,β-unsaturated/α-hetero) is 1. The molecule has 2 N–H and O–H groups in total. The van der Waals surface area contributed by atoms with E-state index in [1.165, 1.54) is 6.20 Å². The summed E-state index contributed by atoms with van der Waals surface area (Å²) in [7, 11) is -3.66. The summed E-state index contributed by atoms with van der Waals surface area (Å²) in [4.78, 5) is 22.0. The van der Waals surface area contributed by atoms with E-state index in [4.69, 9.17) is 20.2 Å². The summed E-state index contributed by atoms with van der Waals surface area (Å²) in [5, 5.41) is -0.798. The van der Waals surface area contributed by atoms with Crippen LogP contribution in [0.25, 0.3) is 0 Å². The van der Waals surface area contributed by atoms with Crippen LogP contribution in [0, 0.1) is 11.8 Å². The Labute approximate surface area is 212 Å². The second-order valence-electron chi connectivity index (χ2n) is 9.79. The van der Waals surface area contributed by atoms with Crippen molar-refractivity contribution >= 4 is 21.5 Å². The van der Waals surface area contributed by atoms with Crippen molar-refractivity contribution in [3.63, 3.8) is 0 Å². The SMILES string of the molecule is CC#C[C@H](C)Oc1ccc(C(=O)Cc2ccc3c(c2)[C@@]2(C)N=C(N)C(C)(C)S(=O)(=O)[C@@H]2CCO3)nc1. The zero-order valence-corrected chi connectivity index (χ0v) is 22.0. The summed E-state index contributed by atoms with van der Waals surface area (Å²) >= 11 is 0. The van der Waals surface area contributed by atoms with Gasteiger partial charge in [-0.3, -0.25) is 9.79 Å². The molecule has 3 atom stereocenters. The van der Waals surface area contributed by atoms with Crippen LogP contribution < -0.4 is 15.2 Å². The van der Waals surface area contributed by atoms with Gasteiger partial charge in [0.15, 0.2) is 21.7 Å². The third-order valence-electron chi connectivity index (χ3n) is 6.96. The number of nitrogens with two attached hydrogens (primary N) is 1. The highest BCUT2D eigenvalue weighted by Crippen LogP contribution is 2.48. The predicted molar refractivity (Wildman–Crippen MR) is 138 cm³/mol. The van der Waals surface area contributed by atoms with Crippen LogP contribution >= 0.6 is 0 Å². The molecule has 0 unspecified atom stereocenters. The number of sulfone groups is 1. The molecular weight excluding hydrogens is 478 g/mol. The maximum absolute atomic E-state index is 13.5. The van der Waals surface area contributed by atoms with Gasteiger partial charge in [0.05, 0.1) is 18.1 Å². The number of amidine groups is 1. The van der Waals surface area contributed by atoms with E-state index in [2.05, 4.69) is 16.8 Å². The predicted octanol–water partition coefficient (Wildman–Crippen LogP) is 3.23. The Hall–Kier alpha value is -3.38. The third-order valence-corrected chi connectivity index (χ3v) is 10.0. The first-order valence-electron chi connectivity index (χ1n) is 11.8. The van der Waals surface area contributed by atoms with Crippen LogP contribution in [0.2, 0.25) is 0 Å². The normalized spacial score (nSPS) is 24.4. The molecule has 2 aliphatic rings. The molecule has 1 aromatic heterocycles. The molecule has 0 spiro atoms. The molecule has 0 fully saturated rings. The Morgan fingerprint density at radius 1 is 1.28 bits per heavy atom. The number of benzene rings is 1. The average molecular weight is 510 g/mol. The highest BCUT2D eigenvalue weighted by Gasteiger charge is 2.57. The fourth-order valence-corrected chi connectivity index (χ4v) is 6.98. The molecular formula is C27H31N3O5S. The number of pyridine rings is 1. The molecule has 190 valence electrons. The summed E-state index contributed by atoms with van der Waals surface area (Å²) < 4.78 is 37.4. The third kappa shape index (κ3) is 4.35. The number of aromatic nitrogens is 1. The Balaban J connectivity index is 1.64. The topological polar surface area (TPSA) is 121 Å². The molecule has 8 nitrogen and oxygen atoms in total. The Kier molecular flexibility index (Phi) is 6.60. The summed E-state index contributed by atoms with van der Waals surface area (Å²) in [5.74, 6) is 6.66. The van der Waals surface area contributed by atoms with Gasteiger partial charge >= 0.3 is 0 Å². The van der Waals surface area contributed by atoms with Crippen LogP contribution in [0.1, 0.15) is 62.7 Å². The largest absolute Gasteiger partial charge is 0.493 e. The van der Waals surface area contributed by atoms with Gasteiger partial charge in [-0.15, -0.1) is 5.92 Å². The van der Waals surface area contributed by atoms with E-state index >= 15 is 0 Å². The van der Waals surface area contributed by atoms with Crippen molar-refractivity contribution in [3.05, 3.63) is 53.3 Å². The summed E-state index contributed by atoms with van der Waals surface area (Å²) in [6.07, 6.45) is 1.60. The first-order chi connectivity index (χ1) is 16.9. The summed E-state index contributed by atoms with van der Waals surface area (Å²) in [5.41, 5.74) is 6.68. The van der Waals surface area contributed by atoms with Gasteiger partial charge in [0.2, 0.25) is 0 Å². The number of aliphatic imine (C=N–C) groups is 1. The van der Waals surface area contributed by atoms with Gasteiger partial charge in [-0.1, -0.05) is 12.0 Å². The molecule has 2 aromatic rings. The quantitative estimate of drug-likeness (QED) is 0.485. The zero-order chi connectivity index (χ0) is 26.3. The molecule has 0 saturated heterocycles. The van der Waals surface area contributed by atoms with Gasteiger partial charge in [-0.25, -0.2) is 13.4 Å². The lowest BCUT2D eigenvalue weighted by Crippen LogP contribution is -2.59. The van der Waals surface area contributed by atoms with Crippen molar-refractivity contribution in [2.45, 2.75) is 69.1 Å². The molecule has 0 saturated carbocycles. The Morgan fingerprint density at radius 2 is 2.03 bits per heavy atom. The molecule has 4 rings (SSSR count). The lowest BCUT2D eigenvalue weighted by atomic mass is 9.85. The van der Waals surface area contributed by atoms with Crippen LogP contribution in [-0.2, 0) is 21.8 Å². The van der Waals surface area contributed by atoms with E-state index in [0.717, 1.165) is 0 Å². The van der Waals surface area contributed by atoms with E-state index in [9.17, 15) is 13.2 Å². The number of rotatable bonds is 5. The fourth-order valence-electron chi connectivity index (χ4n) is 4.74. The van der Waals surface area contributed by atoms with Crippen LogP contribution in [0.15, 0.2) is 41.5 Å². The standard InChI is InChI=1S/C27H31N3O5S/c1-6-7-17(2)35-19-9-10-21(29-16-19)22(31)15-18-8-11-23-20(14-18)27(5)24(12-13-34-23)36(32,33)26(3,4)25(28)30-27/h8-11,14,16-17,24H,12-13,15H2,1-5H3,(H2,28,30)/t17-,24+,27+/m0/s1. The zero-order valence-electron chi connectivity index (χ0n) is 21.2. The van der Waals surface area contributed by atoms with Crippen molar-refractivity contribution < 1.29 is 22.7 Å². The summed E-state index contributed by atoms with van der Waals surface area (Å²) in [6, 6.07) is 8.69. The molecule has 9 heteroatoms. The van der Waals surface area contributed by atoms with Crippen molar-refractivity contribution in [1.29, 1.82) is 0 Å². The minimum atomic E-state index is -3.66. The first-order valence-corrected chi connectivity index (χ1v) is 13.4. The molecule has 0 aliphatic carbocycles. The van der Waals surface area contributed by atoms with Gasteiger partial charge in [-0.2, -0.15) is 0 Å². The number of fused-ring (bicyclic) bond motifs is 3. The molecule has 36 heavy (non-hydrogen) atoms. The number of ether oxygens (including phenoxy) is 2. The number of nitrogens with zero attached hydrogens (tertiary/aromatic N) is 2. The van der Waals surface area contributed by atoms with Gasteiger partial charge in [0.25, 0.3) is 0 Å². The highest BCUT2D eigenvalue weighted by atomic mass is 32.2. The van der Waals surface area contributed by atoms with E-state index in [0.29, 0.717) is 34.7 Å². The molecule has 0 bridgehead atoms. The molecule has 1 aromatic carbocycles. The van der Waals surface area contributed by atoms with E-state index < -0.39 is 25.4 Å². The highest BCUT2D eigenvalue weighted by molar-refractivity contribution is 7.94. The van der Waals surface area contributed by atoms with Crippen LogP contribution in [-0.4, -0.2) is 47.7 Å². The number of carbonyl (C=O) groups is 1. The second kappa shape index (κ2) is 9.25.